The van der Waals surface area contributed by atoms with Crippen molar-refractivity contribution < 1.29 is 4.74 Å². The van der Waals surface area contributed by atoms with Crippen LogP contribution in [0.25, 0.3) is 0 Å². The van der Waals surface area contributed by atoms with Gasteiger partial charge in [0, 0.05) is 0 Å². The van der Waals surface area contributed by atoms with Crippen LogP contribution in [0.1, 0.15) is 23.6 Å². The maximum atomic E-state index is 5.93. The molecule has 0 saturated heterocycles. The number of alkyl halides is 1. The quantitative estimate of drug-likeness (QED) is 0.785. The molecule has 0 aliphatic carbocycles. The Balaban J connectivity index is 2.13. The van der Waals surface area contributed by atoms with Gasteiger partial charge >= 0.3 is 0 Å². The van der Waals surface area contributed by atoms with Crippen molar-refractivity contribution in [2.45, 2.75) is 18.8 Å². The molecule has 90 valence electrons. The van der Waals surface area contributed by atoms with Crippen molar-refractivity contribution in [3.8, 4) is 5.75 Å². The van der Waals surface area contributed by atoms with Gasteiger partial charge in [0.15, 0.2) is 0 Å². The van der Waals surface area contributed by atoms with Gasteiger partial charge in [0.2, 0.25) is 0 Å². The van der Waals surface area contributed by atoms with Crippen molar-refractivity contribution in [2.24, 2.45) is 0 Å². The summed E-state index contributed by atoms with van der Waals surface area (Å²) in [5, 5.41) is 7.92. The first-order valence-electron chi connectivity index (χ1n) is 5.36. The Labute approximate surface area is 105 Å². The molecule has 1 heterocycles. The van der Waals surface area contributed by atoms with Gasteiger partial charge in [-0.15, -0.1) is 16.7 Å². The molecule has 0 fully saturated rings. The second-order valence-corrected chi connectivity index (χ2v) is 4.46. The summed E-state index contributed by atoms with van der Waals surface area (Å²) in [7, 11) is 1.65. The summed E-state index contributed by atoms with van der Waals surface area (Å²) in [4.78, 5) is 0. The third-order valence-electron chi connectivity index (χ3n) is 2.44. The third kappa shape index (κ3) is 2.97. The number of ether oxygens (including phenoxy) is 1. The molecular weight excluding hydrogens is 238 g/mol. The van der Waals surface area contributed by atoms with Crippen LogP contribution in [-0.4, -0.2) is 22.1 Å². The van der Waals surface area contributed by atoms with Crippen LogP contribution in [0.3, 0.4) is 0 Å². The van der Waals surface area contributed by atoms with E-state index in [0.29, 0.717) is 6.54 Å². The van der Waals surface area contributed by atoms with Crippen LogP contribution >= 0.6 is 11.6 Å². The maximum Gasteiger partial charge on any atom is 0.119 e. The number of rotatable bonds is 4. The molecule has 0 bridgehead atoms. The highest BCUT2D eigenvalue weighted by molar-refractivity contribution is 6.20. The van der Waals surface area contributed by atoms with E-state index in [-0.39, 0.29) is 5.38 Å². The minimum atomic E-state index is -0.117. The number of benzene rings is 1. The summed E-state index contributed by atoms with van der Waals surface area (Å²) in [6.45, 7) is 2.54. The third-order valence-corrected chi connectivity index (χ3v) is 2.67. The first kappa shape index (κ1) is 11.9. The number of hydrogen-bond donors (Lipinski definition) is 0. The molecule has 1 unspecified atom stereocenters. The number of aromatic nitrogens is 3. The van der Waals surface area contributed by atoms with E-state index in [2.05, 4.69) is 10.3 Å². The fraction of sp³-hybridized carbons (Fsp3) is 0.333. The molecule has 0 N–H and O–H groups in total. The Morgan fingerprint density at radius 1 is 1.47 bits per heavy atom. The molecule has 0 radical (unpaired) electrons. The van der Waals surface area contributed by atoms with E-state index in [4.69, 9.17) is 16.3 Å². The first-order valence-corrected chi connectivity index (χ1v) is 5.79. The lowest BCUT2D eigenvalue weighted by Crippen LogP contribution is -2.00. The van der Waals surface area contributed by atoms with Crippen LogP contribution in [0.5, 0.6) is 5.75 Å². The van der Waals surface area contributed by atoms with Crippen molar-refractivity contribution >= 4 is 11.6 Å². The lowest BCUT2D eigenvalue weighted by atomic mass is 10.2. The van der Waals surface area contributed by atoms with Crippen molar-refractivity contribution in [3.05, 3.63) is 41.7 Å². The Bertz CT molecular complexity index is 496. The molecule has 0 aliphatic heterocycles. The Morgan fingerprint density at radius 3 is 2.94 bits per heavy atom. The predicted octanol–water partition coefficient (Wildman–Crippen LogP) is 2.63. The molecule has 0 amide bonds. The van der Waals surface area contributed by atoms with Crippen LogP contribution in [0, 0.1) is 0 Å². The summed E-state index contributed by atoms with van der Waals surface area (Å²) in [6.07, 6.45) is 1.86. The molecule has 2 aromatic rings. The van der Waals surface area contributed by atoms with E-state index >= 15 is 0 Å². The highest BCUT2D eigenvalue weighted by Crippen LogP contribution is 2.17. The average molecular weight is 252 g/mol. The maximum absolute atomic E-state index is 5.93. The van der Waals surface area contributed by atoms with E-state index in [1.54, 1.807) is 11.8 Å². The molecule has 2 rings (SSSR count). The number of nitrogens with zero attached hydrogens (tertiary/aromatic N) is 3. The standard InChI is InChI=1S/C12H14ClN3O/c1-9(13)12-8-16(15-14-12)7-10-4-3-5-11(6-10)17-2/h3-6,8-9H,7H2,1-2H3. The van der Waals surface area contributed by atoms with Gasteiger partial charge in [-0.1, -0.05) is 17.3 Å². The highest BCUT2D eigenvalue weighted by Gasteiger charge is 2.06. The summed E-state index contributed by atoms with van der Waals surface area (Å²) in [5.74, 6) is 0.841. The minimum Gasteiger partial charge on any atom is -0.497 e. The number of methoxy groups -OCH3 is 1. The Kier molecular flexibility index (Phi) is 3.64. The average Bonchev–Trinajstić information content (AvgIpc) is 2.78. The molecule has 17 heavy (non-hydrogen) atoms. The van der Waals surface area contributed by atoms with Gasteiger partial charge in [-0.2, -0.15) is 0 Å². The van der Waals surface area contributed by atoms with Crippen LogP contribution < -0.4 is 4.74 Å². The van der Waals surface area contributed by atoms with E-state index in [1.165, 1.54) is 0 Å². The van der Waals surface area contributed by atoms with E-state index in [0.717, 1.165) is 17.0 Å². The summed E-state index contributed by atoms with van der Waals surface area (Å²) >= 11 is 5.93. The van der Waals surface area contributed by atoms with Crippen molar-refractivity contribution in [1.29, 1.82) is 0 Å². The lowest BCUT2D eigenvalue weighted by molar-refractivity contribution is 0.414. The Morgan fingerprint density at radius 2 is 2.29 bits per heavy atom. The molecule has 5 heteroatoms. The SMILES string of the molecule is COc1cccc(Cn2cc(C(C)Cl)nn2)c1. The Hall–Kier alpha value is -1.55. The summed E-state index contributed by atoms with van der Waals surface area (Å²) in [5.41, 5.74) is 1.90. The van der Waals surface area contributed by atoms with Crippen molar-refractivity contribution in [1.82, 2.24) is 15.0 Å². The molecule has 1 aromatic carbocycles. The molecule has 1 atom stereocenters. The second-order valence-electron chi connectivity index (χ2n) is 3.81. The van der Waals surface area contributed by atoms with Gasteiger partial charge in [0.25, 0.3) is 0 Å². The monoisotopic (exact) mass is 251 g/mol. The van der Waals surface area contributed by atoms with Gasteiger partial charge in [-0.25, -0.2) is 4.68 Å². The summed E-state index contributed by atoms with van der Waals surface area (Å²) < 4.78 is 6.94. The van der Waals surface area contributed by atoms with Gasteiger partial charge in [0.1, 0.15) is 11.4 Å². The summed E-state index contributed by atoms with van der Waals surface area (Å²) in [6, 6.07) is 7.87. The first-order chi connectivity index (χ1) is 8.19. The van der Waals surface area contributed by atoms with Crippen LogP contribution in [-0.2, 0) is 6.54 Å². The zero-order chi connectivity index (χ0) is 12.3. The van der Waals surface area contributed by atoms with E-state index < -0.39 is 0 Å². The zero-order valence-electron chi connectivity index (χ0n) is 9.80. The fourth-order valence-electron chi connectivity index (χ4n) is 1.53. The molecule has 0 aliphatic rings. The zero-order valence-corrected chi connectivity index (χ0v) is 10.6. The van der Waals surface area contributed by atoms with E-state index in [1.807, 2.05) is 37.4 Å². The molecule has 0 saturated carbocycles. The van der Waals surface area contributed by atoms with Crippen LogP contribution in [0.15, 0.2) is 30.5 Å². The predicted molar refractivity (Wildman–Crippen MR) is 66.4 cm³/mol. The van der Waals surface area contributed by atoms with Crippen LogP contribution in [0.4, 0.5) is 0 Å². The van der Waals surface area contributed by atoms with E-state index in [9.17, 15) is 0 Å². The molecular formula is C12H14ClN3O. The topological polar surface area (TPSA) is 39.9 Å². The normalized spacial score (nSPS) is 12.4. The van der Waals surface area contributed by atoms with Gasteiger partial charge in [-0.05, 0) is 24.6 Å². The number of halogens is 1. The van der Waals surface area contributed by atoms with Gasteiger partial charge in [0.05, 0.1) is 25.2 Å². The van der Waals surface area contributed by atoms with Gasteiger partial charge in [-0.3, -0.25) is 0 Å². The van der Waals surface area contributed by atoms with Crippen molar-refractivity contribution in [2.75, 3.05) is 7.11 Å². The largest absolute Gasteiger partial charge is 0.497 e. The smallest absolute Gasteiger partial charge is 0.119 e. The molecule has 0 spiro atoms. The van der Waals surface area contributed by atoms with Crippen LogP contribution in [0.2, 0.25) is 0 Å². The molecule has 4 nitrogen and oxygen atoms in total. The fourth-order valence-corrected chi connectivity index (χ4v) is 1.63. The second kappa shape index (κ2) is 5.19. The van der Waals surface area contributed by atoms with Gasteiger partial charge < -0.3 is 4.74 Å². The highest BCUT2D eigenvalue weighted by atomic mass is 35.5. The lowest BCUT2D eigenvalue weighted by Gasteiger charge is -2.03. The van der Waals surface area contributed by atoms with Crippen molar-refractivity contribution in [3.63, 3.8) is 0 Å². The molecule has 1 aromatic heterocycles. The minimum absolute atomic E-state index is 0.117. The number of hydrogen-bond acceptors (Lipinski definition) is 3.